The van der Waals surface area contributed by atoms with Gasteiger partial charge in [0.15, 0.2) is 0 Å². The molecule has 1 fully saturated rings. The minimum Gasteiger partial charge on any atom is -0.457 e. The second-order valence-corrected chi connectivity index (χ2v) is 17.6. The highest BCUT2D eigenvalue weighted by molar-refractivity contribution is 6.09. The number of nitriles is 1. The van der Waals surface area contributed by atoms with E-state index < -0.39 is 0 Å². The fourth-order valence-electron chi connectivity index (χ4n) is 10.4. The zero-order valence-corrected chi connectivity index (χ0v) is 35.7. The SMILES string of the molecule is N#CC1(c2ccc(-n3c4ccccc4c4ccc(Oc5cccc(N6CN(c7c(-c8ccccc8)cccc7-c7ccccc7)c7cc8c(cc76)nc6n8CCCC6)c5)cc43)nc2)CC1. The Kier molecular flexibility index (Phi) is 8.47. The Labute approximate surface area is 376 Å². The minimum atomic E-state index is -0.389. The molecule has 2 aliphatic heterocycles. The van der Waals surface area contributed by atoms with Crippen molar-refractivity contribution in [1.29, 1.82) is 5.26 Å². The number of aromatic nitrogens is 4. The standard InChI is InChI=1S/C57H43N7O/c58-36-57(28-29-57)40-24-27-54(59-35-40)64-49-22-8-7-19-46(49)47-26-25-43(32-50(47)64)65-42-18-11-17-41(31-42)62-37-63(53-34-51-48(33-52(53)62)60-55-23-9-10-30-61(51)55)56-44(38-13-3-1-4-14-38)20-12-21-45(56)39-15-5-2-6-16-39/h1-8,11-22,24-27,31-35H,9-10,23,28-30,37H2. The van der Waals surface area contributed by atoms with E-state index in [4.69, 9.17) is 14.7 Å². The lowest BCUT2D eigenvalue weighted by Crippen LogP contribution is -2.25. The normalized spacial score (nSPS) is 15.0. The predicted molar refractivity (Wildman–Crippen MR) is 261 cm³/mol. The van der Waals surface area contributed by atoms with E-state index >= 15 is 0 Å². The van der Waals surface area contributed by atoms with E-state index in [1.807, 2.05) is 18.3 Å². The van der Waals surface area contributed by atoms with Gasteiger partial charge < -0.3 is 19.1 Å². The van der Waals surface area contributed by atoms with Crippen LogP contribution in [0.15, 0.2) is 176 Å². The summed E-state index contributed by atoms with van der Waals surface area (Å²) in [5, 5.41) is 12.1. The average Bonchev–Trinajstić information content (AvgIpc) is 3.82. The molecule has 0 atom stereocenters. The lowest BCUT2D eigenvalue weighted by Gasteiger charge is -2.27. The molecule has 1 saturated carbocycles. The highest BCUT2D eigenvalue weighted by Gasteiger charge is 2.45. The summed E-state index contributed by atoms with van der Waals surface area (Å²) in [6, 6.07) is 62.7. The molecule has 10 aromatic rings. The molecule has 3 aliphatic rings. The fraction of sp³-hybridized carbons (Fsp3) is 0.140. The number of benzene rings is 7. The lowest BCUT2D eigenvalue weighted by atomic mass is 9.95. The van der Waals surface area contributed by atoms with Gasteiger partial charge in [0.2, 0.25) is 0 Å². The molecular formula is C57H43N7O. The van der Waals surface area contributed by atoms with Crippen LogP contribution in [0.4, 0.5) is 22.7 Å². The Morgan fingerprint density at radius 2 is 1.32 bits per heavy atom. The van der Waals surface area contributed by atoms with Crippen LogP contribution in [0.5, 0.6) is 11.5 Å². The zero-order valence-electron chi connectivity index (χ0n) is 35.7. The Balaban J connectivity index is 0.917. The number of rotatable bonds is 8. The van der Waals surface area contributed by atoms with E-state index in [9.17, 15) is 5.26 Å². The number of imidazole rings is 1. The molecule has 8 nitrogen and oxygen atoms in total. The number of hydrogen-bond acceptors (Lipinski definition) is 6. The van der Waals surface area contributed by atoms with E-state index in [1.165, 1.54) is 45.7 Å². The molecule has 0 bridgehead atoms. The topological polar surface area (TPSA) is 75.1 Å². The molecule has 3 aromatic heterocycles. The van der Waals surface area contributed by atoms with Crippen LogP contribution in [0.25, 0.3) is 60.9 Å². The molecule has 0 saturated heterocycles. The van der Waals surface area contributed by atoms with Crippen molar-refractivity contribution in [3.63, 3.8) is 0 Å². The highest BCUT2D eigenvalue weighted by atomic mass is 16.5. The summed E-state index contributed by atoms with van der Waals surface area (Å²) in [7, 11) is 0. The highest BCUT2D eigenvalue weighted by Crippen LogP contribution is 2.52. The minimum absolute atomic E-state index is 0.389. The molecular weight excluding hydrogens is 799 g/mol. The van der Waals surface area contributed by atoms with E-state index in [2.05, 4.69) is 183 Å². The maximum Gasteiger partial charge on any atom is 0.137 e. The van der Waals surface area contributed by atoms with Gasteiger partial charge >= 0.3 is 0 Å². The summed E-state index contributed by atoms with van der Waals surface area (Å²) in [6.07, 6.45) is 6.98. The molecule has 0 spiro atoms. The molecule has 0 radical (unpaired) electrons. The molecule has 13 rings (SSSR count). The first kappa shape index (κ1) is 37.4. The van der Waals surface area contributed by atoms with Gasteiger partial charge in [-0.05, 0) is 90.9 Å². The predicted octanol–water partition coefficient (Wildman–Crippen LogP) is 13.8. The van der Waals surface area contributed by atoms with E-state index in [-0.39, 0.29) is 5.41 Å². The summed E-state index contributed by atoms with van der Waals surface area (Å²) < 4.78 is 11.5. The van der Waals surface area contributed by atoms with Crippen molar-refractivity contribution in [1.82, 2.24) is 19.1 Å². The molecule has 0 unspecified atom stereocenters. The van der Waals surface area contributed by atoms with Crippen molar-refractivity contribution in [3.05, 3.63) is 187 Å². The van der Waals surface area contributed by atoms with Gasteiger partial charge in [0, 0.05) is 58.9 Å². The zero-order chi connectivity index (χ0) is 43.1. The van der Waals surface area contributed by atoms with Gasteiger partial charge in [0.1, 0.15) is 29.8 Å². The molecule has 0 N–H and O–H groups in total. The Morgan fingerprint density at radius 3 is 2.08 bits per heavy atom. The van der Waals surface area contributed by atoms with Gasteiger partial charge in [-0.15, -0.1) is 0 Å². The molecule has 7 aromatic carbocycles. The van der Waals surface area contributed by atoms with Gasteiger partial charge in [-0.25, -0.2) is 9.97 Å². The van der Waals surface area contributed by atoms with Crippen molar-refractivity contribution in [2.45, 2.75) is 44.1 Å². The first-order valence-corrected chi connectivity index (χ1v) is 22.6. The van der Waals surface area contributed by atoms with Crippen LogP contribution in [0.1, 0.15) is 37.1 Å². The Bertz CT molecular complexity index is 3470. The van der Waals surface area contributed by atoms with Crippen molar-refractivity contribution in [2.75, 3.05) is 16.5 Å². The summed E-state index contributed by atoms with van der Waals surface area (Å²) in [4.78, 5) is 15.1. The van der Waals surface area contributed by atoms with E-state index in [0.29, 0.717) is 6.67 Å². The summed E-state index contributed by atoms with van der Waals surface area (Å²) in [5.41, 5.74) is 14.1. The van der Waals surface area contributed by atoms with Crippen LogP contribution in [0.2, 0.25) is 0 Å². The third-order valence-corrected chi connectivity index (χ3v) is 13.8. The largest absolute Gasteiger partial charge is 0.457 e. The first-order chi connectivity index (χ1) is 32.1. The monoisotopic (exact) mass is 841 g/mol. The van der Waals surface area contributed by atoms with Crippen molar-refractivity contribution < 1.29 is 4.74 Å². The quantitative estimate of drug-likeness (QED) is 0.152. The smallest absolute Gasteiger partial charge is 0.137 e. The second-order valence-electron chi connectivity index (χ2n) is 17.6. The van der Waals surface area contributed by atoms with Gasteiger partial charge in [-0.3, -0.25) is 4.57 Å². The van der Waals surface area contributed by atoms with Crippen LogP contribution >= 0.6 is 0 Å². The number of aryl methyl sites for hydroxylation is 2. The molecule has 0 amide bonds. The number of pyridine rings is 1. The number of fused-ring (bicyclic) bond motifs is 7. The maximum atomic E-state index is 9.84. The Hall–Kier alpha value is -8.15. The van der Waals surface area contributed by atoms with Crippen molar-refractivity contribution in [2.24, 2.45) is 0 Å². The van der Waals surface area contributed by atoms with Crippen molar-refractivity contribution >= 4 is 55.6 Å². The molecule has 1 aliphatic carbocycles. The molecule has 312 valence electrons. The maximum absolute atomic E-state index is 9.84. The van der Waals surface area contributed by atoms with Crippen LogP contribution < -0.4 is 14.5 Å². The summed E-state index contributed by atoms with van der Waals surface area (Å²) >= 11 is 0. The van der Waals surface area contributed by atoms with Crippen LogP contribution in [-0.2, 0) is 18.4 Å². The first-order valence-electron chi connectivity index (χ1n) is 22.6. The van der Waals surface area contributed by atoms with Gasteiger partial charge in [0.25, 0.3) is 0 Å². The van der Waals surface area contributed by atoms with Gasteiger partial charge in [0.05, 0.1) is 50.6 Å². The number of anilines is 4. The molecule has 65 heavy (non-hydrogen) atoms. The average molecular weight is 842 g/mol. The van der Waals surface area contributed by atoms with Crippen LogP contribution in [0, 0.1) is 11.3 Å². The van der Waals surface area contributed by atoms with Crippen LogP contribution in [0.3, 0.4) is 0 Å². The lowest BCUT2D eigenvalue weighted by molar-refractivity contribution is 0.483. The number of hydrogen-bond donors (Lipinski definition) is 0. The van der Waals surface area contributed by atoms with E-state index in [0.717, 1.165) is 99.5 Å². The molecule has 8 heteroatoms. The third-order valence-electron chi connectivity index (χ3n) is 13.8. The fourth-order valence-corrected chi connectivity index (χ4v) is 10.4. The number of para-hydroxylation sites is 2. The van der Waals surface area contributed by atoms with Crippen LogP contribution in [-0.4, -0.2) is 25.8 Å². The summed E-state index contributed by atoms with van der Waals surface area (Å²) in [6.45, 7) is 1.58. The van der Waals surface area contributed by atoms with E-state index in [1.54, 1.807) is 0 Å². The Morgan fingerprint density at radius 1 is 0.600 bits per heavy atom. The van der Waals surface area contributed by atoms with Gasteiger partial charge in [-0.1, -0.05) is 109 Å². The van der Waals surface area contributed by atoms with Crippen molar-refractivity contribution in [3.8, 4) is 45.6 Å². The molecule has 5 heterocycles. The number of ether oxygens (including phenoxy) is 1. The summed E-state index contributed by atoms with van der Waals surface area (Å²) in [5.74, 6) is 3.45. The third kappa shape index (κ3) is 6.11. The second kappa shape index (κ2) is 14.7. The number of nitrogens with zero attached hydrogens (tertiary/aromatic N) is 7. The van der Waals surface area contributed by atoms with Gasteiger partial charge in [-0.2, -0.15) is 5.26 Å².